The van der Waals surface area contributed by atoms with Crippen molar-refractivity contribution in [2.45, 2.75) is 26.2 Å². The number of aryl methyl sites for hydroxylation is 1. The van der Waals surface area contributed by atoms with Crippen molar-refractivity contribution in [2.24, 2.45) is 0 Å². The minimum Gasteiger partial charge on any atom is -0.504 e. The molecule has 0 fully saturated rings. The van der Waals surface area contributed by atoms with Gasteiger partial charge in [-0.1, -0.05) is 6.07 Å². The van der Waals surface area contributed by atoms with Crippen molar-refractivity contribution in [3.63, 3.8) is 0 Å². The van der Waals surface area contributed by atoms with Gasteiger partial charge in [0.05, 0.1) is 27.2 Å². The molecule has 0 radical (unpaired) electrons. The molecule has 0 bridgehead atoms. The molecule has 0 aromatic heterocycles. The van der Waals surface area contributed by atoms with Crippen LogP contribution in [-0.2, 0) is 11.2 Å². The summed E-state index contributed by atoms with van der Waals surface area (Å²) in [7, 11) is 3.67. The number of benzene rings is 1. The number of aromatic hydroxyl groups is 1. The number of amides is 1. The van der Waals surface area contributed by atoms with Crippen molar-refractivity contribution in [2.75, 3.05) is 33.8 Å². The van der Waals surface area contributed by atoms with E-state index in [4.69, 9.17) is 4.74 Å². The van der Waals surface area contributed by atoms with Crippen molar-refractivity contribution in [3.8, 4) is 11.5 Å². The molecule has 0 saturated heterocycles. The van der Waals surface area contributed by atoms with Gasteiger partial charge >= 0.3 is 0 Å². The molecule has 0 aliphatic rings. The molecule has 1 aromatic rings. The van der Waals surface area contributed by atoms with Gasteiger partial charge in [-0.15, -0.1) is 0 Å². The molecule has 1 atom stereocenters. The van der Waals surface area contributed by atoms with Gasteiger partial charge in [-0.25, -0.2) is 0 Å². The van der Waals surface area contributed by atoms with Crippen LogP contribution in [0.1, 0.15) is 25.3 Å². The molecule has 3 N–H and O–H groups in total. The van der Waals surface area contributed by atoms with Crippen LogP contribution < -0.4 is 15.0 Å². The summed E-state index contributed by atoms with van der Waals surface area (Å²) in [6.45, 7) is 5.07. The number of quaternary nitrogens is 1. The van der Waals surface area contributed by atoms with Crippen LogP contribution in [0.25, 0.3) is 0 Å². The van der Waals surface area contributed by atoms with Crippen LogP contribution in [0, 0.1) is 0 Å². The molecule has 21 heavy (non-hydrogen) atoms. The third-order valence-electron chi connectivity index (χ3n) is 3.59. The first-order valence-electron chi connectivity index (χ1n) is 7.50. The average Bonchev–Trinajstić information content (AvgIpc) is 2.50. The Bertz CT molecular complexity index is 449. The lowest BCUT2D eigenvalue weighted by Gasteiger charge is -2.11. The Hall–Kier alpha value is -1.75. The van der Waals surface area contributed by atoms with Gasteiger partial charge in [0.1, 0.15) is 0 Å². The quantitative estimate of drug-likeness (QED) is 0.577. The first-order chi connectivity index (χ1) is 10.1. The summed E-state index contributed by atoms with van der Waals surface area (Å²) >= 11 is 0. The summed E-state index contributed by atoms with van der Waals surface area (Å²) in [6.07, 6.45) is 2.09. The van der Waals surface area contributed by atoms with Crippen molar-refractivity contribution < 1.29 is 19.5 Å². The van der Waals surface area contributed by atoms with Crippen molar-refractivity contribution in [1.29, 1.82) is 0 Å². The summed E-state index contributed by atoms with van der Waals surface area (Å²) in [5.74, 6) is 0.628. The molecule has 0 aliphatic heterocycles. The standard InChI is InChI=1S/C16H26N2O3/c1-4-18(2)11-5-10-17-16(20)9-7-13-6-8-14(19)15(12-13)21-3/h6,8,12,19H,4-5,7,9-11H2,1-3H3,(H,17,20)/p+1. The monoisotopic (exact) mass is 295 g/mol. The highest BCUT2D eigenvalue weighted by molar-refractivity contribution is 5.76. The van der Waals surface area contributed by atoms with Crippen LogP contribution in [0.4, 0.5) is 0 Å². The first-order valence-corrected chi connectivity index (χ1v) is 7.50. The number of hydrogen-bond donors (Lipinski definition) is 3. The molecule has 0 saturated carbocycles. The molecule has 0 aliphatic carbocycles. The van der Waals surface area contributed by atoms with Crippen LogP contribution >= 0.6 is 0 Å². The minimum atomic E-state index is 0.0659. The smallest absolute Gasteiger partial charge is 0.220 e. The maximum absolute atomic E-state index is 11.8. The molecule has 5 nitrogen and oxygen atoms in total. The molecule has 1 aromatic carbocycles. The van der Waals surface area contributed by atoms with Crippen LogP contribution in [0.2, 0.25) is 0 Å². The molecule has 5 heteroatoms. The largest absolute Gasteiger partial charge is 0.504 e. The summed E-state index contributed by atoms with van der Waals surface area (Å²) in [4.78, 5) is 13.2. The second-order valence-electron chi connectivity index (χ2n) is 5.27. The van der Waals surface area contributed by atoms with Crippen molar-refractivity contribution in [3.05, 3.63) is 23.8 Å². The fourth-order valence-corrected chi connectivity index (χ4v) is 2.02. The van der Waals surface area contributed by atoms with Gasteiger partial charge in [-0.2, -0.15) is 0 Å². The zero-order valence-corrected chi connectivity index (χ0v) is 13.2. The first kappa shape index (κ1) is 17.3. The van der Waals surface area contributed by atoms with Gasteiger partial charge in [0.2, 0.25) is 5.91 Å². The molecule has 1 rings (SSSR count). The van der Waals surface area contributed by atoms with E-state index in [9.17, 15) is 9.90 Å². The van der Waals surface area contributed by atoms with E-state index in [2.05, 4.69) is 19.3 Å². The number of methoxy groups -OCH3 is 1. The number of ether oxygens (including phenoxy) is 1. The van der Waals surface area contributed by atoms with Crippen molar-refractivity contribution >= 4 is 5.91 Å². The Kier molecular flexibility index (Phi) is 7.61. The fourth-order valence-electron chi connectivity index (χ4n) is 2.02. The van der Waals surface area contributed by atoms with E-state index in [-0.39, 0.29) is 11.7 Å². The van der Waals surface area contributed by atoms with Gasteiger partial charge in [0, 0.05) is 19.4 Å². The highest BCUT2D eigenvalue weighted by Crippen LogP contribution is 2.26. The zero-order chi connectivity index (χ0) is 15.7. The number of nitrogens with one attached hydrogen (secondary N) is 2. The van der Waals surface area contributed by atoms with Crippen molar-refractivity contribution in [1.82, 2.24) is 5.32 Å². The SMILES string of the molecule is CC[NH+](C)CCCNC(=O)CCc1ccc(O)c(OC)c1. The van der Waals surface area contributed by atoms with E-state index in [0.29, 0.717) is 18.6 Å². The third-order valence-corrected chi connectivity index (χ3v) is 3.59. The van der Waals surface area contributed by atoms with Gasteiger partial charge in [0.25, 0.3) is 0 Å². The van der Waals surface area contributed by atoms with Gasteiger partial charge in [-0.05, 0) is 31.0 Å². The molecular weight excluding hydrogens is 268 g/mol. The lowest BCUT2D eigenvalue weighted by Crippen LogP contribution is -3.08. The van der Waals surface area contributed by atoms with Gasteiger partial charge in [-0.3, -0.25) is 4.79 Å². The number of carbonyl (C=O) groups excluding carboxylic acids is 1. The van der Waals surface area contributed by atoms with E-state index in [1.165, 1.54) is 12.0 Å². The predicted octanol–water partition coefficient (Wildman–Crippen LogP) is 0.374. The molecular formula is C16H27N2O3+. The van der Waals surface area contributed by atoms with E-state index in [0.717, 1.165) is 31.6 Å². The number of phenolic OH excluding ortho intramolecular Hbond substituents is 1. The van der Waals surface area contributed by atoms with Crippen LogP contribution in [0.15, 0.2) is 18.2 Å². The Morgan fingerprint density at radius 2 is 2.19 bits per heavy atom. The lowest BCUT2D eigenvalue weighted by molar-refractivity contribution is -0.877. The van der Waals surface area contributed by atoms with E-state index in [1.54, 1.807) is 12.1 Å². The second kappa shape index (κ2) is 9.23. The van der Waals surface area contributed by atoms with Gasteiger partial charge < -0.3 is 20.1 Å². The topological polar surface area (TPSA) is 63.0 Å². The molecule has 0 heterocycles. The molecule has 0 spiro atoms. The normalized spacial score (nSPS) is 12.0. The maximum Gasteiger partial charge on any atom is 0.220 e. The fraction of sp³-hybridized carbons (Fsp3) is 0.562. The summed E-state index contributed by atoms with van der Waals surface area (Å²) in [6, 6.07) is 5.17. The number of hydrogen-bond acceptors (Lipinski definition) is 3. The maximum atomic E-state index is 11.8. The van der Waals surface area contributed by atoms with Crippen LogP contribution in [-0.4, -0.2) is 44.8 Å². The summed E-state index contributed by atoms with van der Waals surface area (Å²) in [5.41, 5.74) is 0.981. The lowest BCUT2D eigenvalue weighted by atomic mass is 10.1. The number of rotatable bonds is 9. The second-order valence-corrected chi connectivity index (χ2v) is 5.27. The van der Waals surface area contributed by atoms with E-state index >= 15 is 0 Å². The molecule has 118 valence electrons. The van der Waals surface area contributed by atoms with Crippen LogP contribution in [0.5, 0.6) is 11.5 Å². The molecule has 1 amide bonds. The third kappa shape index (κ3) is 6.49. The van der Waals surface area contributed by atoms with E-state index < -0.39 is 0 Å². The highest BCUT2D eigenvalue weighted by Gasteiger charge is 2.06. The highest BCUT2D eigenvalue weighted by atomic mass is 16.5. The molecule has 1 unspecified atom stereocenters. The summed E-state index contributed by atoms with van der Waals surface area (Å²) < 4.78 is 5.05. The Labute approximate surface area is 126 Å². The number of carbonyl (C=O) groups is 1. The Morgan fingerprint density at radius 1 is 1.43 bits per heavy atom. The minimum absolute atomic E-state index is 0.0659. The number of phenols is 1. The zero-order valence-electron chi connectivity index (χ0n) is 13.2. The summed E-state index contributed by atoms with van der Waals surface area (Å²) in [5, 5.41) is 12.5. The van der Waals surface area contributed by atoms with Gasteiger partial charge in [0.15, 0.2) is 11.5 Å². The van der Waals surface area contributed by atoms with E-state index in [1.807, 2.05) is 6.07 Å². The average molecular weight is 295 g/mol. The Morgan fingerprint density at radius 3 is 2.86 bits per heavy atom. The van der Waals surface area contributed by atoms with Crippen LogP contribution in [0.3, 0.4) is 0 Å². The predicted molar refractivity (Wildman–Crippen MR) is 82.9 cm³/mol. The Balaban J connectivity index is 2.27.